The number of fused-ring (bicyclic) bond motifs is 1. The molecule has 2 aromatic carbocycles. The summed E-state index contributed by atoms with van der Waals surface area (Å²) in [5.41, 5.74) is 4.04. The van der Waals surface area contributed by atoms with Gasteiger partial charge in [-0.15, -0.1) is 0 Å². The lowest BCUT2D eigenvalue weighted by atomic mass is 10.1. The van der Waals surface area contributed by atoms with Crippen LogP contribution in [0.2, 0.25) is 5.02 Å². The van der Waals surface area contributed by atoms with Gasteiger partial charge in [0.15, 0.2) is 11.3 Å². The molecule has 0 saturated heterocycles. The van der Waals surface area contributed by atoms with E-state index < -0.39 is 0 Å². The van der Waals surface area contributed by atoms with Gasteiger partial charge in [0.05, 0.1) is 18.5 Å². The number of carbonyl (C=O) groups excluding carboxylic acids is 1. The zero-order valence-electron chi connectivity index (χ0n) is 15.3. The number of aryl methyl sites for hydroxylation is 1. The van der Waals surface area contributed by atoms with Gasteiger partial charge in [-0.25, -0.2) is 9.50 Å². The second kappa shape index (κ2) is 7.32. The molecule has 0 saturated carbocycles. The van der Waals surface area contributed by atoms with E-state index in [4.69, 9.17) is 16.3 Å². The maximum absolute atomic E-state index is 12.7. The van der Waals surface area contributed by atoms with Crippen molar-refractivity contribution >= 4 is 28.8 Å². The number of hydrogen-bond donors (Lipinski definition) is 1. The number of ether oxygens (including phenoxy) is 1. The molecule has 4 rings (SSSR count). The molecule has 0 unspecified atom stereocenters. The summed E-state index contributed by atoms with van der Waals surface area (Å²) in [7, 11) is 1.53. The van der Waals surface area contributed by atoms with E-state index in [2.05, 4.69) is 15.4 Å². The number of rotatable bonds is 4. The van der Waals surface area contributed by atoms with Crippen LogP contribution in [0.5, 0.6) is 5.75 Å². The van der Waals surface area contributed by atoms with Gasteiger partial charge in [0.1, 0.15) is 5.75 Å². The molecule has 0 aliphatic heterocycles. The zero-order valence-corrected chi connectivity index (χ0v) is 16.1. The van der Waals surface area contributed by atoms with E-state index >= 15 is 0 Å². The zero-order chi connectivity index (χ0) is 19.7. The summed E-state index contributed by atoms with van der Waals surface area (Å²) < 4.78 is 6.92. The number of hydrogen-bond acceptors (Lipinski definition) is 4. The van der Waals surface area contributed by atoms with Crippen molar-refractivity contribution in [1.29, 1.82) is 0 Å². The first-order valence-corrected chi connectivity index (χ1v) is 9.00. The molecule has 0 bridgehead atoms. The Bertz CT molecular complexity index is 1170. The molecule has 0 atom stereocenters. The van der Waals surface area contributed by atoms with Crippen molar-refractivity contribution in [3.8, 4) is 17.0 Å². The van der Waals surface area contributed by atoms with Crippen LogP contribution in [0.15, 0.2) is 60.7 Å². The van der Waals surface area contributed by atoms with Crippen molar-refractivity contribution in [2.24, 2.45) is 0 Å². The molecule has 1 amide bonds. The molecule has 0 fully saturated rings. The molecule has 6 nitrogen and oxygen atoms in total. The Morgan fingerprint density at radius 3 is 2.64 bits per heavy atom. The van der Waals surface area contributed by atoms with Gasteiger partial charge >= 0.3 is 0 Å². The van der Waals surface area contributed by atoms with E-state index in [-0.39, 0.29) is 11.6 Å². The standard InChI is InChI=1S/C21H17ClN4O2/c1-13-10-16(14-6-4-3-5-7-14)23-20-12-18(25-26(13)20)21(27)24-17-11-15(22)8-9-19(17)28-2/h3-12H,1-2H3,(H,24,27). The molecule has 7 heteroatoms. The highest BCUT2D eigenvalue weighted by Crippen LogP contribution is 2.28. The predicted octanol–water partition coefficient (Wildman–Crippen LogP) is 4.62. The second-order valence-electron chi connectivity index (χ2n) is 6.25. The fraction of sp³-hybridized carbons (Fsp3) is 0.0952. The maximum Gasteiger partial charge on any atom is 0.276 e. The Kier molecular flexibility index (Phi) is 4.71. The van der Waals surface area contributed by atoms with Crippen molar-refractivity contribution in [3.05, 3.63) is 77.1 Å². The van der Waals surface area contributed by atoms with Gasteiger partial charge in [-0.2, -0.15) is 5.10 Å². The summed E-state index contributed by atoms with van der Waals surface area (Å²) in [6.07, 6.45) is 0. The van der Waals surface area contributed by atoms with Crippen LogP contribution >= 0.6 is 11.6 Å². The van der Waals surface area contributed by atoms with Crippen LogP contribution < -0.4 is 10.1 Å². The summed E-state index contributed by atoms with van der Waals surface area (Å²) in [5, 5.41) is 7.68. The van der Waals surface area contributed by atoms with Gasteiger partial charge in [0.25, 0.3) is 5.91 Å². The number of carbonyl (C=O) groups is 1. The van der Waals surface area contributed by atoms with Crippen molar-refractivity contribution in [2.45, 2.75) is 6.92 Å². The molecule has 0 aliphatic carbocycles. The smallest absolute Gasteiger partial charge is 0.276 e. The lowest BCUT2D eigenvalue weighted by molar-refractivity contribution is 0.102. The number of anilines is 1. The highest BCUT2D eigenvalue weighted by atomic mass is 35.5. The molecule has 140 valence electrons. The van der Waals surface area contributed by atoms with Gasteiger partial charge in [0, 0.05) is 22.3 Å². The average Bonchev–Trinajstić information content (AvgIpc) is 3.14. The van der Waals surface area contributed by atoms with E-state index in [1.165, 1.54) is 7.11 Å². The average molecular weight is 393 g/mol. The predicted molar refractivity (Wildman–Crippen MR) is 109 cm³/mol. The molecule has 1 N–H and O–H groups in total. The second-order valence-corrected chi connectivity index (χ2v) is 6.68. The monoisotopic (exact) mass is 392 g/mol. The first-order valence-electron chi connectivity index (χ1n) is 8.63. The molecule has 0 spiro atoms. The van der Waals surface area contributed by atoms with Crippen LogP contribution in [0.4, 0.5) is 5.69 Å². The van der Waals surface area contributed by atoms with Crippen molar-refractivity contribution in [1.82, 2.24) is 14.6 Å². The Balaban J connectivity index is 1.69. The Morgan fingerprint density at radius 2 is 1.89 bits per heavy atom. The number of benzene rings is 2. The third-order valence-corrected chi connectivity index (χ3v) is 4.55. The van der Waals surface area contributed by atoms with E-state index in [0.29, 0.717) is 22.1 Å². The largest absolute Gasteiger partial charge is 0.495 e. The lowest BCUT2D eigenvalue weighted by Crippen LogP contribution is -2.13. The Morgan fingerprint density at radius 1 is 1.11 bits per heavy atom. The first-order chi connectivity index (χ1) is 13.5. The van der Waals surface area contributed by atoms with E-state index in [1.54, 1.807) is 28.8 Å². The highest BCUT2D eigenvalue weighted by Gasteiger charge is 2.16. The van der Waals surface area contributed by atoms with Crippen LogP contribution in [-0.4, -0.2) is 27.6 Å². The van der Waals surface area contributed by atoms with Crippen molar-refractivity contribution in [3.63, 3.8) is 0 Å². The number of nitrogens with zero attached hydrogens (tertiary/aromatic N) is 3. The van der Waals surface area contributed by atoms with Gasteiger partial charge in [-0.3, -0.25) is 4.79 Å². The summed E-state index contributed by atoms with van der Waals surface area (Å²) in [4.78, 5) is 17.4. The number of aromatic nitrogens is 3. The third kappa shape index (κ3) is 3.42. The van der Waals surface area contributed by atoms with Gasteiger partial charge < -0.3 is 10.1 Å². The van der Waals surface area contributed by atoms with Gasteiger partial charge in [-0.05, 0) is 31.2 Å². The summed E-state index contributed by atoms with van der Waals surface area (Å²) in [5.74, 6) is 0.147. The SMILES string of the molecule is COc1ccc(Cl)cc1NC(=O)c1cc2nc(-c3ccccc3)cc(C)n2n1. The first kappa shape index (κ1) is 18.0. The Labute approximate surface area is 166 Å². The van der Waals surface area contributed by atoms with Crippen LogP contribution in [0.25, 0.3) is 16.9 Å². The third-order valence-electron chi connectivity index (χ3n) is 4.32. The van der Waals surface area contributed by atoms with Crippen LogP contribution in [-0.2, 0) is 0 Å². The quantitative estimate of drug-likeness (QED) is 0.550. The topological polar surface area (TPSA) is 68.5 Å². The highest BCUT2D eigenvalue weighted by molar-refractivity contribution is 6.31. The van der Waals surface area contributed by atoms with Crippen molar-refractivity contribution in [2.75, 3.05) is 12.4 Å². The summed E-state index contributed by atoms with van der Waals surface area (Å²) in [6, 6.07) is 18.5. The molecule has 4 aromatic rings. The molecule has 0 radical (unpaired) electrons. The fourth-order valence-electron chi connectivity index (χ4n) is 2.96. The van der Waals surface area contributed by atoms with E-state index in [0.717, 1.165) is 17.0 Å². The van der Waals surface area contributed by atoms with Crippen molar-refractivity contribution < 1.29 is 9.53 Å². The molecule has 0 aliphatic rings. The minimum absolute atomic E-state index is 0.253. The van der Waals surface area contributed by atoms with Gasteiger partial charge in [-0.1, -0.05) is 41.9 Å². The van der Waals surface area contributed by atoms with E-state index in [1.807, 2.05) is 43.3 Å². The number of nitrogens with one attached hydrogen (secondary N) is 1. The molecule has 2 aromatic heterocycles. The molecular weight excluding hydrogens is 376 g/mol. The van der Waals surface area contributed by atoms with Crippen LogP contribution in [0.1, 0.15) is 16.2 Å². The minimum atomic E-state index is -0.369. The number of halogens is 1. The number of amides is 1. The normalized spacial score (nSPS) is 10.8. The van der Waals surface area contributed by atoms with Crippen LogP contribution in [0, 0.1) is 6.92 Å². The molecule has 2 heterocycles. The minimum Gasteiger partial charge on any atom is -0.495 e. The summed E-state index contributed by atoms with van der Waals surface area (Å²) >= 11 is 6.03. The van der Waals surface area contributed by atoms with Crippen LogP contribution in [0.3, 0.4) is 0 Å². The lowest BCUT2D eigenvalue weighted by Gasteiger charge is -2.09. The maximum atomic E-state index is 12.7. The fourth-order valence-corrected chi connectivity index (χ4v) is 3.13. The number of methoxy groups -OCH3 is 1. The molecule has 28 heavy (non-hydrogen) atoms. The summed E-state index contributed by atoms with van der Waals surface area (Å²) in [6.45, 7) is 1.93. The van der Waals surface area contributed by atoms with Gasteiger partial charge in [0.2, 0.25) is 0 Å². The Hall–Kier alpha value is -3.38. The van der Waals surface area contributed by atoms with E-state index in [9.17, 15) is 4.79 Å². The molecular formula is C21H17ClN4O2.